The normalized spacial score (nSPS) is 27.5. The molecule has 1 atom stereocenters. The molecule has 0 radical (unpaired) electrons. The van der Waals surface area contributed by atoms with Crippen LogP contribution >= 0.6 is 0 Å². The molecule has 0 spiro atoms. The Morgan fingerprint density at radius 1 is 1.73 bits per heavy atom. The summed E-state index contributed by atoms with van der Waals surface area (Å²) in [5.74, 6) is 0. The molecular formula is C8H14N2O. The van der Waals surface area contributed by atoms with Crippen LogP contribution in [0.1, 0.15) is 13.3 Å². The highest BCUT2D eigenvalue weighted by Gasteiger charge is 2.16. The molecule has 0 fully saturated rings. The molecule has 0 aliphatic carbocycles. The first-order chi connectivity index (χ1) is 5.25. The lowest BCUT2D eigenvalue weighted by molar-refractivity contribution is 0.293. The maximum absolute atomic E-state index is 8.53. The fraction of sp³-hybridized carbons (Fsp3) is 0.625. The van der Waals surface area contributed by atoms with E-state index >= 15 is 0 Å². The zero-order valence-corrected chi connectivity index (χ0v) is 6.99. The second-order valence-electron chi connectivity index (χ2n) is 2.88. The summed E-state index contributed by atoms with van der Waals surface area (Å²) in [6.07, 6.45) is 5.28. The molecule has 0 saturated heterocycles. The fourth-order valence-corrected chi connectivity index (χ4v) is 1.31. The maximum Gasteiger partial charge on any atom is 0.0750 e. The Morgan fingerprint density at radius 3 is 3.00 bits per heavy atom. The highest BCUT2D eigenvalue weighted by Crippen LogP contribution is 2.08. The molecular weight excluding hydrogens is 140 g/mol. The molecule has 1 aliphatic rings. The molecule has 0 aromatic rings. The van der Waals surface area contributed by atoms with Gasteiger partial charge in [-0.1, -0.05) is 17.3 Å². The molecule has 0 aromatic carbocycles. The fourth-order valence-electron chi connectivity index (χ4n) is 1.31. The molecule has 11 heavy (non-hydrogen) atoms. The zero-order valence-electron chi connectivity index (χ0n) is 6.99. The van der Waals surface area contributed by atoms with Crippen molar-refractivity contribution in [2.24, 2.45) is 5.16 Å². The van der Waals surface area contributed by atoms with E-state index < -0.39 is 0 Å². The molecule has 62 valence electrons. The molecule has 1 aliphatic heterocycles. The molecule has 0 saturated carbocycles. The Balaban J connectivity index is 2.69. The second-order valence-corrected chi connectivity index (χ2v) is 2.88. The quantitative estimate of drug-likeness (QED) is 0.266. The van der Waals surface area contributed by atoms with Crippen LogP contribution in [0.4, 0.5) is 0 Å². The molecule has 1 rings (SSSR count). The van der Waals surface area contributed by atoms with Crippen LogP contribution in [-0.2, 0) is 0 Å². The molecule has 1 unspecified atom stereocenters. The Labute approximate surface area is 67.0 Å². The second kappa shape index (κ2) is 3.53. The minimum Gasteiger partial charge on any atom is -0.411 e. The van der Waals surface area contributed by atoms with Crippen molar-refractivity contribution in [3.63, 3.8) is 0 Å². The van der Waals surface area contributed by atoms with Gasteiger partial charge in [-0.3, -0.25) is 4.90 Å². The first-order valence-corrected chi connectivity index (χ1v) is 3.81. The van der Waals surface area contributed by atoms with Gasteiger partial charge in [0.2, 0.25) is 0 Å². The van der Waals surface area contributed by atoms with E-state index in [4.69, 9.17) is 5.21 Å². The highest BCUT2D eigenvalue weighted by molar-refractivity contribution is 5.88. The van der Waals surface area contributed by atoms with E-state index in [0.29, 0.717) is 0 Å². The van der Waals surface area contributed by atoms with Crippen LogP contribution in [0, 0.1) is 0 Å². The largest absolute Gasteiger partial charge is 0.411 e. The Morgan fingerprint density at radius 2 is 2.45 bits per heavy atom. The van der Waals surface area contributed by atoms with Crippen molar-refractivity contribution < 1.29 is 5.21 Å². The monoisotopic (exact) mass is 154 g/mol. The van der Waals surface area contributed by atoms with Crippen molar-refractivity contribution in [1.29, 1.82) is 0 Å². The van der Waals surface area contributed by atoms with Gasteiger partial charge in [-0.15, -0.1) is 0 Å². The smallest absolute Gasteiger partial charge is 0.0750 e. The van der Waals surface area contributed by atoms with E-state index in [2.05, 4.69) is 22.2 Å². The van der Waals surface area contributed by atoms with Crippen molar-refractivity contribution >= 4 is 5.71 Å². The standard InChI is InChI=1S/C8H14N2O/c1-7(9-11)8-5-3-4-6-10(8)2/h3,5,8,11H,4,6H2,1-2H3/b9-7+. The third-order valence-electron chi connectivity index (χ3n) is 2.03. The van der Waals surface area contributed by atoms with Gasteiger partial charge in [0.05, 0.1) is 11.8 Å². The zero-order chi connectivity index (χ0) is 8.27. The summed E-state index contributed by atoms with van der Waals surface area (Å²) in [4.78, 5) is 2.16. The van der Waals surface area contributed by atoms with Gasteiger partial charge in [0.15, 0.2) is 0 Å². The molecule has 3 nitrogen and oxygen atoms in total. The van der Waals surface area contributed by atoms with Gasteiger partial charge in [0.1, 0.15) is 0 Å². The number of hydrogen-bond donors (Lipinski definition) is 1. The van der Waals surface area contributed by atoms with Crippen LogP contribution in [0.15, 0.2) is 17.3 Å². The first kappa shape index (κ1) is 8.27. The lowest BCUT2D eigenvalue weighted by Gasteiger charge is -2.27. The van der Waals surface area contributed by atoms with E-state index in [0.717, 1.165) is 18.7 Å². The van der Waals surface area contributed by atoms with Gasteiger partial charge >= 0.3 is 0 Å². The Kier molecular flexibility index (Phi) is 2.65. The predicted molar refractivity (Wildman–Crippen MR) is 45.1 cm³/mol. The lowest BCUT2D eigenvalue weighted by Crippen LogP contribution is -2.38. The van der Waals surface area contributed by atoms with Crippen LogP contribution in [0.25, 0.3) is 0 Å². The van der Waals surface area contributed by atoms with Crippen LogP contribution in [0.3, 0.4) is 0 Å². The van der Waals surface area contributed by atoms with Crippen molar-refractivity contribution in [3.05, 3.63) is 12.2 Å². The van der Waals surface area contributed by atoms with Crippen LogP contribution in [0.2, 0.25) is 0 Å². The third kappa shape index (κ3) is 1.80. The summed E-state index contributed by atoms with van der Waals surface area (Å²) in [6.45, 7) is 2.87. The van der Waals surface area contributed by atoms with Gasteiger partial charge in [0.25, 0.3) is 0 Å². The van der Waals surface area contributed by atoms with E-state index in [9.17, 15) is 0 Å². The topological polar surface area (TPSA) is 35.8 Å². The summed E-state index contributed by atoms with van der Waals surface area (Å²) in [7, 11) is 2.03. The molecule has 1 N–H and O–H groups in total. The van der Waals surface area contributed by atoms with Crippen LogP contribution in [0.5, 0.6) is 0 Å². The van der Waals surface area contributed by atoms with Gasteiger partial charge in [0, 0.05) is 6.54 Å². The number of hydrogen-bond acceptors (Lipinski definition) is 3. The molecule has 0 amide bonds. The Hall–Kier alpha value is -0.830. The number of oxime groups is 1. The van der Waals surface area contributed by atoms with Gasteiger partial charge in [-0.2, -0.15) is 0 Å². The SMILES string of the molecule is C/C(=N\O)C1C=CCCN1C. The summed E-state index contributed by atoms with van der Waals surface area (Å²) in [5.41, 5.74) is 0.753. The molecule has 0 aromatic heterocycles. The minimum absolute atomic E-state index is 0.189. The predicted octanol–water partition coefficient (Wildman–Crippen LogP) is 1.10. The van der Waals surface area contributed by atoms with Crippen LogP contribution < -0.4 is 0 Å². The number of likely N-dealkylation sites (N-methyl/N-ethyl adjacent to an activating group) is 1. The van der Waals surface area contributed by atoms with Crippen LogP contribution in [-0.4, -0.2) is 35.5 Å². The van der Waals surface area contributed by atoms with E-state index in [1.807, 2.05) is 14.0 Å². The average molecular weight is 154 g/mol. The molecule has 3 heteroatoms. The van der Waals surface area contributed by atoms with E-state index in [1.165, 1.54) is 0 Å². The van der Waals surface area contributed by atoms with Crippen molar-refractivity contribution in [2.75, 3.05) is 13.6 Å². The average Bonchev–Trinajstić information content (AvgIpc) is 2.04. The van der Waals surface area contributed by atoms with Gasteiger partial charge in [-0.25, -0.2) is 0 Å². The lowest BCUT2D eigenvalue weighted by atomic mass is 10.1. The minimum atomic E-state index is 0.189. The summed E-state index contributed by atoms with van der Waals surface area (Å²) in [6, 6.07) is 0.189. The molecule has 1 heterocycles. The molecule has 0 bridgehead atoms. The Bertz CT molecular complexity index is 187. The van der Waals surface area contributed by atoms with Crippen molar-refractivity contribution in [2.45, 2.75) is 19.4 Å². The van der Waals surface area contributed by atoms with E-state index in [1.54, 1.807) is 0 Å². The van der Waals surface area contributed by atoms with Gasteiger partial charge in [-0.05, 0) is 20.4 Å². The first-order valence-electron chi connectivity index (χ1n) is 3.81. The van der Waals surface area contributed by atoms with E-state index in [-0.39, 0.29) is 6.04 Å². The summed E-state index contributed by atoms with van der Waals surface area (Å²) < 4.78 is 0. The third-order valence-corrected chi connectivity index (χ3v) is 2.03. The van der Waals surface area contributed by atoms with Crippen molar-refractivity contribution in [1.82, 2.24) is 4.90 Å². The maximum atomic E-state index is 8.53. The summed E-state index contributed by atoms with van der Waals surface area (Å²) in [5, 5.41) is 11.7. The summed E-state index contributed by atoms with van der Waals surface area (Å²) >= 11 is 0. The number of rotatable bonds is 1. The van der Waals surface area contributed by atoms with Crippen molar-refractivity contribution in [3.8, 4) is 0 Å². The highest BCUT2D eigenvalue weighted by atomic mass is 16.4. The van der Waals surface area contributed by atoms with Gasteiger partial charge < -0.3 is 5.21 Å². The number of nitrogens with zero attached hydrogens (tertiary/aromatic N) is 2.